The van der Waals surface area contributed by atoms with Crippen molar-refractivity contribution in [3.63, 3.8) is 0 Å². The summed E-state index contributed by atoms with van der Waals surface area (Å²) in [7, 11) is 0. The number of rotatable bonds is 4. The molecule has 0 aromatic heterocycles. The van der Waals surface area contributed by atoms with Crippen molar-refractivity contribution < 1.29 is 4.74 Å². The standard InChI is InChI=1S/C9H17O/c1-5-6-10-7-9(4)8(2)3/h1,5-7H2,2-4H3. The third-order valence-electron chi connectivity index (χ3n) is 1.46. The molecular formula is C9H17O. The number of ether oxygens (including phenoxy) is 1. The molecular weight excluding hydrogens is 124 g/mol. The Balaban J connectivity index is 3.40. The summed E-state index contributed by atoms with van der Waals surface area (Å²) in [5.41, 5.74) is 2.68. The molecule has 0 aliphatic rings. The zero-order valence-corrected chi connectivity index (χ0v) is 7.24. The van der Waals surface area contributed by atoms with Gasteiger partial charge >= 0.3 is 0 Å². The molecule has 0 fully saturated rings. The highest BCUT2D eigenvalue weighted by Crippen LogP contribution is 2.01. The second-order valence-electron chi connectivity index (χ2n) is 2.69. The predicted octanol–water partition coefficient (Wildman–Crippen LogP) is 2.58. The molecule has 0 aliphatic carbocycles. The van der Waals surface area contributed by atoms with Gasteiger partial charge in [0.2, 0.25) is 0 Å². The van der Waals surface area contributed by atoms with Crippen LogP contribution in [0.15, 0.2) is 11.1 Å². The van der Waals surface area contributed by atoms with Crippen LogP contribution in [0.2, 0.25) is 0 Å². The molecule has 0 aromatic rings. The summed E-state index contributed by atoms with van der Waals surface area (Å²) in [5, 5.41) is 0. The maximum atomic E-state index is 5.29. The first-order chi connectivity index (χ1) is 4.68. The van der Waals surface area contributed by atoms with Gasteiger partial charge in [0.05, 0.1) is 6.61 Å². The zero-order chi connectivity index (χ0) is 7.98. The second-order valence-corrected chi connectivity index (χ2v) is 2.69. The van der Waals surface area contributed by atoms with Crippen molar-refractivity contribution in [2.24, 2.45) is 0 Å². The van der Waals surface area contributed by atoms with Crippen molar-refractivity contribution in [1.29, 1.82) is 0 Å². The van der Waals surface area contributed by atoms with E-state index in [-0.39, 0.29) is 0 Å². The third kappa shape index (κ3) is 4.57. The third-order valence-corrected chi connectivity index (χ3v) is 1.46. The van der Waals surface area contributed by atoms with E-state index in [1.54, 1.807) is 0 Å². The number of hydrogen-bond acceptors (Lipinski definition) is 1. The van der Waals surface area contributed by atoms with Crippen molar-refractivity contribution in [3.8, 4) is 0 Å². The van der Waals surface area contributed by atoms with E-state index in [2.05, 4.69) is 27.7 Å². The van der Waals surface area contributed by atoms with Crippen LogP contribution < -0.4 is 0 Å². The Hall–Kier alpha value is -0.300. The lowest BCUT2D eigenvalue weighted by atomic mass is 10.2. The molecule has 0 N–H and O–H groups in total. The molecule has 0 saturated heterocycles. The molecule has 0 spiro atoms. The van der Waals surface area contributed by atoms with Gasteiger partial charge in [-0.2, -0.15) is 0 Å². The van der Waals surface area contributed by atoms with E-state index in [0.717, 1.165) is 19.6 Å². The second kappa shape index (κ2) is 5.48. The minimum Gasteiger partial charge on any atom is -0.377 e. The molecule has 0 aromatic carbocycles. The summed E-state index contributed by atoms with van der Waals surface area (Å²) in [6, 6.07) is 0. The average Bonchev–Trinajstić information content (AvgIpc) is 1.88. The predicted molar refractivity (Wildman–Crippen MR) is 44.8 cm³/mol. The monoisotopic (exact) mass is 141 g/mol. The van der Waals surface area contributed by atoms with Crippen LogP contribution in [0.25, 0.3) is 0 Å². The molecule has 0 heterocycles. The number of allylic oxidation sites excluding steroid dienone is 1. The first-order valence-corrected chi connectivity index (χ1v) is 3.68. The Bertz CT molecular complexity index is 110. The average molecular weight is 141 g/mol. The highest BCUT2D eigenvalue weighted by molar-refractivity contribution is 5.06. The van der Waals surface area contributed by atoms with Crippen molar-refractivity contribution in [1.82, 2.24) is 0 Å². The van der Waals surface area contributed by atoms with Crippen LogP contribution in [-0.2, 0) is 4.74 Å². The van der Waals surface area contributed by atoms with Crippen LogP contribution in [0, 0.1) is 6.92 Å². The molecule has 0 unspecified atom stereocenters. The Labute approximate surface area is 64.1 Å². The van der Waals surface area contributed by atoms with E-state index >= 15 is 0 Å². The Morgan fingerprint density at radius 3 is 2.30 bits per heavy atom. The summed E-state index contributed by atoms with van der Waals surface area (Å²) in [4.78, 5) is 0. The fourth-order valence-corrected chi connectivity index (χ4v) is 0.472. The molecule has 0 atom stereocenters. The molecule has 0 rings (SSSR count). The SMILES string of the molecule is [CH2]CCOCC(C)=C(C)C. The topological polar surface area (TPSA) is 9.23 Å². The lowest BCUT2D eigenvalue weighted by molar-refractivity contribution is 0.160. The fourth-order valence-electron chi connectivity index (χ4n) is 0.472. The summed E-state index contributed by atoms with van der Waals surface area (Å²) >= 11 is 0. The van der Waals surface area contributed by atoms with Gasteiger partial charge in [0.1, 0.15) is 0 Å². The smallest absolute Gasteiger partial charge is 0.0676 e. The van der Waals surface area contributed by atoms with Crippen molar-refractivity contribution in [2.75, 3.05) is 13.2 Å². The van der Waals surface area contributed by atoms with Gasteiger partial charge in [0.15, 0.2) is 0 Å². The molecule has 59 valence electrons. The minimum atomic E-state index is 0.762. The van der Waals surface area contributed by atoms with Crippen LogP contribution in [0.4, 0.5) is 0 Å². The first kappa shape index (κ1) is 9.70. The van der Waals surface area contributed by atoms with Crippen LogP contribution in [0.5, 0.6) is 0 Å². The summed E-state index contributed by atoms with van der Waals surface area (Å²) in [6.45, 7) is 11.5. The molecule has 0 amide bonds. The van der Waals surface area contributed by atoms with Crippen LogP contribution in [-0.4, -0.2) is 13.2 Å². The van der Waals surface area contributed by atoms with Gasteiger partial charge in [-0.05, 0) is 32.8 Å². The van der Waals surface area contributed by atoms with E-state index in [9.17, 15) is 0 Å². The molecule has 1 radical (unpaired) electrons. The lowest BCUT2D eigenvalue weighted by Crippen LogP contribution is -1.97. The van der Waals surface area contributed by atoms with Gasteiger partial charge in [-0.3, -0.25) is 0 Å². The van der Waals surface area contributed by atoms with E-state index < -0.39 is 0 Å². The maximum absolute atomic E-state index is 5.29. The zero-order valence-electron chi connectivity index (χ0n) is 7.24. The molecule has 1 nitrogen and oxygen atoms in total. The van der Waals surface area contributed by atoms with Crippen molar-refractivity contribution in [2.45, 2.75) is 27.2 Å². The number of hydrogen-bond donors (Lipinski definition) is 0. The highest BCUT2D eigenvalue weighted by atomic mass is 16.5. The Kier molecular flexibility index (Phi) is 5.32. The van der Waals surface area contributed by atoms with E-state index in [1.807, 2.05) is 0 Å². The minimum absolute atomic E-state index is 0.762. The summed E-state index contributed by atoms with van der Waals surface area (Å²) in [5.74, 6) is 0. The van der Waals surface area contributed by atoms with Gasteiger partial charge in [0, 0.05) is 6.61 Å². The van der Waals surface area contributed by atoms with Gasteiger partial charge in [0.25, 0.3) is 0 Å². The van der Waals surface area contributed by atoms with Crippen LogP contribution in [0.1, 0.15) is 27.2 Å². The maximum Gasteiger partial charge on any atom is 0.0676 e. The molecule has 1 heteroatoms. The van der Waals surface area contributed by atoms with Gasteiger partial charge < -0.3 is 4.74 Å². The van der Waals surface area contributed by atoms with Gasteiger partial charge in [-0.15, -0.1) is 0 Å². The van der Waals surface area contributed by atoms with Crippen LogP contribution >= 0.6 is 0 Å². The lowest BCUT2D eigenvalue weighted by Gasteiger charge is -2.03. The molecule has 0 bridgehead atoms. The largest absolute Gasteiger partial charge is 0.377 e. The van der Waals surface area contributed by atoms with E-state index in [1.165, 1.54) is 11.1 Å². The Morgan fingerprint density at radius 1 is 1.30 bits per heavy atom. The van der Waals surface area contributed by atoms with Crippen LogP contribution in [0.3, 0.4) is 0 Å². The highest BCUT2D eigenvalue weighted by Gasteiger charge is 1.90. The van der Waals surface area contributed by atoms with Gasteiger partial charge in [-0.25, -0.2) is 0 Å². The molecule has 0 aliphatic heterocycles. The van der Waals surface area contributed by atoms with E-state index in [0.29, 0.717) is 0 Å². The summed E-state index contributed by atoms with van der Waals surface area (Å²) < 4.78 is 5.29. The van der Waals surface area contributed by atoms with Gasteiger partial charge in [-0.1, -0.05) is 12.5 Å². The molecule has 0 saturated carbocycles. The van der Waals surface area contributed by atoms with Crippen molar-refractivity contribution in [3.05, 3.63) is 18.1 Å². The first-order valence-electron chi connectivity index (χ1n) is 3.68. The molecule has 10 heavy (non-hydrogen) atoms. The normalized spacial score (nSPS) is 9.60. The quantitative estimate of drug-likeness (QED) is 0.432. The summed E-state index contributed by atoms with van der Waals surface area (Å²) in [6.07, 6.45) is 0.857. The van der Waals surface area contributed by atoms with Crippen molar-refractivity contribution >= 4 is 0 Å². The fraction of sp³-hybridized carbons (Fsp3) is 0.667. The van der Waals surface area contributed by atoms with E-state index in [4.69, 9.17) is 4.74 Å². The Morgan fingerprint density at radius 2 is 1.90 bits per heavy atom.